The molecule has 1 rings (SSSR count). The van der Waals surface area contributed by atoms with E-state index in [1.807, 2.05) is 6.92 Å². The van der Waals surface area contributed by atoms with E-state index in [4.69, 9.17) is 16.6 Å². The first-order chi connectivity index (χ1) is 18.4. The Morgan fingerprint density at radius 1 is 0.872 bits per heavy atom. The van der Waals surface area contributed by atoms with Gasteiger partial charge in [0.1, 0.15) is 23.9 Å². The average molecular weight is 552 g/mol. The van der Waals surface area contributed by atoms with Crippen LogP contribution in [0.3, 0.4) is 0 Å². The maximum atomic E-state index is 13.3. The lowest BCUT2D eigenvalue weighted by molar-refractivity contribution is -0.143. The summed E-state index contributed by atoms with van der Waals surface area (Å²) in [4.78, 5) is 61.5. The highest BCUT2D eigenvalue weighted by atomic mass is 16.4. The van der Waals surface area contributed by atoms with Gasteiger partial charge in [-0.25, -0.2) is 4.79 Å². The second kappa shape index (κ2) is 17.0. The van der Waals surface area contributed by atoms with Crippen LogP contribution in [0.2, 0.25) is 0 Å². The first kappa shape index (κ1) is 33.3. The van der Waals surface area contributed by atoms with Gasteiger partial charge in [-0.3, -0.25) is 19.2 Å². The lowest BCUT2D eigenvalue weighted by Gasteiger charge is -2.28. The molecule has 0 saturated heterocycles. The second-order valence-corrected chi connectivity index (χ2v) is 9.53. The topological polar surface area (TPSA) is 234 Å². The zero-order chi connectivity index (χ0) is 29.5. The third-order valence-corrected chi connectivity index (χ3v) is 6.36. The molecule has 0 spiro atoms. The van der Waals surface area contributed by atoms with Crippen molar-refractivity contribution in [2.24, 2.45) is 17.4 Å². The number of amides is 3. The summed E-state index contributed by atoms with van der Waals surface area (Å²) < 4.78 is 0. The summed E-state index contributed by atoms with van der Waals surface area (Å²) in [6, 6.07) is 1.61. The first-order valence-corrected chi connectivity index (χ1v) is 13.0. The minimum absolute atomic E-state index is 0.0758. The number of nitrogens with two attached hydrogens (primary N) is 2. The molecule has 0 aromatic heterocycles. The number of carbonyl (C=O) groups is 5. The Balaban J connectivity index is 2.99. The molecule has 0 aliphatic rings. The molecule has 0 saturated carbocycles. The van der Waals surface area contributed by atoms with Gasteiger partial charge in [-0.15, -0.1) is 0 Å². The van der Waals surface area contributed by atoms with E-state index in [0.29, 0.717) is 31.4 Å². The van der Waals surface area contributed by atoms with Crippen molar-refractivity contribution in [3.05, 3.63) is 29.8 Å². The molecule has 13 nitrogen and oxygen atoms in total. The molecule has 13 heteroatoms. The molecule has 0 heterocycles. The Labute approximate surface area is 227 Å². The van der Waals surface area contributed by atoms with Crippen molar-refractivity contribution in [3.63, 3.8) is 0 Å². The number of hydrogen-bond donors (Lipinski definition) is 8. The van der Waals surface area contributed by atoms with Crippen LogP contribution >= 0.6 is 0 Å². The maximum absolute atomic E-state index is 13.3. The smallest absolute Gasteiger partial charge is 0.326 e. The van der Waals surface area contributed by atoms with E-state index in [9.17, 15) is 34.2 Å². The lowest BCUT2D eigenvalue weighted by Crippen LogP contribution is -2.58. The molecule has 0 radical (unpaired) electrons. The SMILES string of the molecule is CCC(C)C(NC(=O)C(N)Cc1ccc(O)cc1)C(=O)NC(CCCCN)C(=O)NC(CCC(=O)O)C(=O)O. The number of carboxylic acid groups (broad SMARTS) is 2. The van der Waals surface area contributed by atoms with E-state index in [0.717, 1.165) is 0 Å². The molecule has 0 fully saturated rings. The second-order valence-electron chi connectivity index (χ2n) is 9.53. The molecule has 1 aromatic carbocycles. The zero-order valence-corrected chi connectivity index (χ0v) is 22.4. The number of phenols is 1. The van der Waals surface area contributed by atoms with Gasteiger partial charge in [0.05, 0.1) is 6.04 Å². The van der Waals surface area contributed by atoms with Gasteiger partial charge in [0, 0.05) is 6.42 Å². The van der Waals surface area contributed by atoms with Gasteiger partial charge >= 0.3 is 11.9 Å². The van der Waals surface area contributed by atoms with Crippen molar-refractivity contribution in [2.75, 3.05) is 6.54 Å². The molecule has 5 atom stereocenters. The predicted octanol–water partition coefficient (Wildman–Crippen LogP) is -0.159. The van der Waals surface area contributed by atoms with E-state index in [1.54, 1.807) is 19.1 Å². The standard InChI is InChI=1S/C26H41N5O8/c1-3-15(2)22(31-23(35)18(28)14-16-7-9-17(32)10-8-16)25(37)29-19(6-4-5-13-27)24(36)30-20(26(38)39)11-12-21(33)34/h7-10,15,18-20,22,32H,3-6,11-14,27-28H2,1-2H3,(H,29,37)(H,30,36)(H,31,35)(H,33,34)(H,38,39). The van der Waals surface area contributed by atoms with Crippen LogP contribution in [0.25, 0.3) is 0 Å². The van der Waals surface area contributed by atoms with Crippen LogP contribution < -0.4 is 27.4 Å². The normalized spacial score (nSPS) is 14.8. The summed E-state index contributed by atoms with van der Waals surface area (Å²) in [5.74, 6) is -4.86. The summed E-state index contributed by atoms with van der Waals surface area (Å²) in [5, 5.41) is 35.3. The fourth-order valence-corrected chi connectivity index (χ4v) is 3.76. The number of hydrogen-bond acceptors (Lipinski definition) is 8. The number of carbonyl (C=O) groups excluding carboxylic acids is 3. The van der Waals surface area contributed by atoms with Crippen molar-refractivity contribution < 1.29 is 39.3 Å². The number of rotatable bonds is 18. The highest BCUT2D eigenvalue weighted by Crippen LogP contribution is 2.13. The van der Waals surface area contributed by atoms with Crippen molar-refractivity contribution in [1.82, 2.24) is 16.0 Å². The third-order valence-electron chi connectivity index (χ3n) is 6.36. The number of phenolic OH excluding ortho intramolecular Hbond substituents is 1. The molecule has 1 aromatic rings. The van der Waals surface area contributed by atoms with Gasteiger partial charge in [0.15, 0.2) is 0 Å². The Hall–Kier alpha value is -3.71. The summed E-state index contributed by atoms with van der Waals surface area (Å²) in [5.41, 5.74) is 12.3. The molecule has 5 unspecified atom stereocenters. The molecular formula is C26H41N5O8. The van der Waals surface area contributed by atoms with Crippen molar-refractivity contribution in [1.29, 1.82) is 0 Å². The van der Waals surface area contributed by atoms with Gasteiger partial charge in [0.2, 0.25) is 17.7 Å². The quantitative estimate of drug-likeness (QED) is 0.112. The predicted molar refractivity (Wildman–Crippen MR) is 142 cm³/mol. The van der Waals surface area contributed by atoms with Crippen LogP contribution in [0.4, 0.5) is 0 Å². The van der Waals surface area contributed by atoms with Crippen molar-refractivity contribution >= 4 is 29.7 Å². The summed E-state index contributed by atoms with van der Waals surface area (Å²) in [7, 11) is 0. The largest absolute Gasteiger partial charge is 0.508 e. The molecule has 10 N–H and O–H groups in total. The number of aliphatic carboxylic acids is 2. The zero-order valence-electron chi connectivity index (χ0n) is 22.4. The number of unbranched alkanes of at least 4 members (excludes halogenated alkanes) is 1. The summed E-state index contributed by atoms with van der Waals surface area (Å²) in [6.07, 6.45) is 1.06. The number of aromatic hydroxyl groups is 1. The van der Waals surface area contributed by atoms with Crippen LogP contribution in [-0.4, -0.2) is 75.7 Å². The third kappa shape index (κ3) is 12.1. The average Bonchev–Trinajstić information content (AvgIpc) is 2.89. The summed E-state index contributed by atoms with van der Waals surface area (Å²) in [6.45, 7) is 3.94. The van der Waals surface area contributed by atoms with Crippen molar-refractivity contribution in [2.45, 2.75) is 83.0 Å². The summed E-state index contributed by atoms with van der Waals surface area (Å²) >= 11 is 0. The van der Waals surface area contributed by atoms with Crippen molar-refractivity contribution in [3.8, 4) is 5.75 Å². The Bertz CT molecular complexity index is 972. The minimum Gasteiger partial charge on any atom is -0.508 e. The van der Waals surface area contributed by atoms with Crippen LogP contribution in [-0.2, 0) is 30.4 Å². The highest BCUT2D eigenvalue weighted by Gasteiger charge is 2.32. The monoisotopic (exact) mass is 551 g/mol. The van der Waals surface area contributed by atoms with Gasteiger partial charge in [-0.05, 0) is 62.3 Å². The Morgan fingerprint density at radius 2 is 1.49 bits per heavy atom. The van der Waals surface area contributed by atoms with E-state index in [-0.39, 0.29) is 30.9 Å². The Morgan fingerprint density at radius 3 is 2.03 bits per heavy atom. The van der Waals surface area contributed by atoms with Gasteiger partial charge in [-0.2, -0.15) is 0 Å². The highest BCUT2D eigenvalue weighted by molar-refractivity contribution is 5.94. The van der Waals surface area contributed by atoms with E-state index in [1.165, 1.54) is 12.1 Å². The molecule has 0 aliphatic heterocycles. The molecule has 3 amide bonds. The van der Waals surface area contributed by atoms with Crippen LogP contribution in [0.1, 0.15) is 57.9 Å². The van der Waals surface area contributed by atoms with Crippen LogP contribution in [0, 0.1) is 5.92 Å². The van der Waals surface area contributed by atoms with Crippen LogP contribution in [0.5, 0.6) is 5.75 Å². The molecule has 0 bridgehead atoms. The lowest BCUT2D eigenvalue weighted by atomic mass is 9.96. The Kier molecular flexibility index (Phi) is 14.5. The molecular weight excluding hydrogens is 510 g/mol. The van der Waals surface area contributed by atoms with E-state index >= 15 is 0 Å². The number of carboxylic acids is 2. The van der Waals surface area contributed by atoms with E-state index < -0.39 is 60.2 Å². The van der Waals surface area contributed by atoms with Gasteiger partial charge in [-0.1, -0.05) is 32.4 Å². The molecule has 0 aliphatic carbocycles. The van der Waals surface area contributed by atoms with Crippen LogP contribution in [0.15, 0.2) is 24.3 Å². The maximum Gasteiger partial charge on any atom is 0.326 e. The number of nitrogens with one attached hydrogen (secondary N) is 3. The fraction of sp³-hybridized carbons (Fsp3) is 0.577. The van der Waals surface area contributed by atoms with Gasteiger partial charge in [0.25, 0.3) is 0 Å². The molecule has 39 heavy (non-hydrogen) atoms. The fourth-order valence-electron chi connectivity index (χ4n) is 3.76. The minimum atomic E-state index is -1.45. The number of benzene rings is 1. The molecule has 218 valence electrons. The van der Waals surface area contributed by atoms with Gasteiger partial charge < -0.3 is 42.7 Å². The van der Waals surface area contributed by atoms with E-state index in [2.05, 4.69) is 16.0 Å². The first-order valence-electron chi connectivity index (χ1n) is 13.0.